The molecule has 0 aliphatic heterocycles. The van der Waals surface area contributed by atoms with Crippen LogP contribution in [0.2, 0.25) is 0 Å². The molecule has 0 bridgehead atoms. The van der Waals surface area contributed by atoms with E-state index < -0.39 is 0 Å². The first-order valence-corrected chi connectivity index (χ1v) is 6.72. The number of hydrogen-bond acceptors (Lipinski definition) is 1. The number of nitrogens with zero attached hydrogens (tertiary/aromatic N) is 1. The maximum Gasteiger partial charge on any atom is 0.0440 e. The van der Waals surface area contributed by atoms with E-state index in [1.54, 1.807) is 0 Å². The number of anilines is 1. The minimum Gasteiger partial charge on any atom is -0.377 e. The summed E-state index contributed by atoms with van der Waals surface area (Å²) in [6.45, 7) is 2.21. The zero-order chi connectivity index (χ0) is 13.4. The number of fused-ring (bicyclic) bond motifs is 1. The lowest BCUT2D eigenvalue weighted by molar-refractivity contribution is 1.13. The molecule has 1 heteroatoms. The Morgan fingerprint density at radius 3 is 2.42 bits per heavy atom. The molecule has 3 rings (SSSR count). The summed E-state index contributed by atoms with van der Waals surface area (Å²) in [6.07, 6.45) is 3.42. The Hall–Kier alpha value is -2.02. The standard InChI is InChI=1S/C18H19N/c1-13-11-14-7-6-9-15(17(14)12-13)16-8-4-5-10-18(16)19(2)3/h4-10,12H,11H2,1-3H3. The number of hydrogen-bond donors (Lipinski definition) is 0. The van der Waals surface area contributed by atoms with Crippen molar-refractivity contribution in [2.45, 2.75) is 13.3 Å². The Morgan fingerprint density at radius 2 is 1.63 bits per heavy atom. The fourth-order valence-corrected chi connectivity index (χ4v) is 2.86. The van der Waals surface area contributed by atoms with Gasteiger partial charge >= 0.3 is 0 Å². The van der Waals surface area contributed by atoms with Gasteiger partial charge in [0.1, 0.15) is 0 Å². The first-order valence-electron chi connectivity index (χ1n) is 6.72. The van der Waals surface area contributed by atoms with Crippen LogP contribution >= 0.6 is 0 Å². The fraction of sp³-hybridized carbons (Fsp3) is 0.222. The lowest BCUT2D eigenvalue weighted by Crippen LogP contribution is -2.10. The predicted octanol–water partition coefficient (Wildman–Crippen LogP) is 4.38. The molecule has 2 aromatic rings. The van der Waals surface area contributed by atoms with Crippen molar-refractivity contribution < 1.29 is 0 Å². The average Bonchev–Trinajstić information content (AvgIpc) is 2.78. The van der Waals surface area contributed by atoms with Crippen LogP contribution in [0, 0.1) is 0 Å². The lowest BCUT2D eigenvalue weighted by atomic mass is 9.95. The smallest absolute Gasteiger partial charge is 0.0440 e. The highest BCUT2D eigenvalue weighted by molar-refractivity contribution is 5.87. The van der Waals surface area contributed by atoms with Gasteiger partial charge in [0.25, 0.3) is 0 Å². The van der Waals surface area contributed by atoms with E-state index in [-0.39, 0.29) is 0 Å². The van der Waals surface area contributed by atoms with Gasteiger partial charge in [-0.15, -0.1) is 0 Å². The molecule has 0 heterocycles. The van der Waals surface area contributed by atoms with Gasteiger partial charge in [-0.2, -0.15) is 0 Å². The summed E-state index contributed by atoms with van der Waals surface area (Å²) in [7, 11) is 4.20. The molecular weight excluding hydrogens is 230 g/mol. The second-order valence-electron chi connectivity index (χ2n) is 5.46. The summed E-state index contributed by atoms with van der Waals surface area (Å²) >= 11 is 0. The molecular formula is C18H19N. The molecule has 0 unspecified atom stereocenters. The quantitative estimate of drug-likeness (QED) is 0.763. The van der Waals surface area contributed by atoms with E-state index in [2.05, 4.69) is 74.5 Å². The molecule has 0 saturated heterocycles. The van der Waals surface area contributed by atoms with E-state index in [1.807, 2.05) is 0 Å². The number of rotatable bonds is 2. The van der Waals surface area contributed by atoms with E-state index in [1.165, 1.54) is 33.5 Å². The van der Waals surface area contributed by atoms with Crippen LogP contribution in [0.4, 0.5) is 5.69 Å². The van der Waals surface area contributed by atoms with Gasteiger partial charge in [0.2, 0.25) is 0 Å². The zero-order valence-corrected chi connectivity index (χ0v) is 11.8. The van der Waals surface area contributed by atoms with Gasteiger partial charge in [-0.1, -0.05) is 48.0 Å². The molecule has 0 N–H and O–H groups in total. The maximum atomic E-state index is 2.33. The van der Waals surface area contributed by atoms with Crippen molar-refractivity contribution in [2.75, 3.05) is 19.0 Å². The van der Waals surface area contributed by atoms with Gasteiger partial charge in [0, 0.05) is 25.3 Å². The Balaban J connectivity index is 2.22. The van der Waals surface area contributed by atoms with Crippen LogP contribution in [0.1, 0.15) is 18.1 Å². The third-order valence-electron chi connectivity index (χ3n) is 3.73. The van der Waals surface area contributed by atoms with Crippen LogP contribution in [0.3, 0.4) is 0 Å². The average molecular weight is 249 g/mol. The highest BCUT2D eigenvalue weighted by atomic mass is 15.1. The van der Waals surface area contributed by atoms with Crippen molar-refractivity contribution in [3.63, 3.8) is 0 Å². The minimum absolute atomic E-state index is 1.09. The van der Waals surface area contributed by atoms with Crippen LogP contribution in [-0.4, -0.2) is 14.1 Å². The van der Waals surface area contributed by atoms with Gasteiger partial charge in [-0.25, -0.2) is 0 Å². The van der Waals surface area contributed by atoms with E-state index in [0.29, 0.717) is 0 Å². The second kappa shape index (κ2) is 4.58. The summed E-state index contributed by atoms with van der Waals surface area (Å²) < 4.78 is 0. The van der Waals surface area contributed by atoms with Gasteiger partial charge in [-0.05, 0) is 36.1 Å². The monoisotopic (exact) mass is 249 g/mol. The SMILES string of the molecule is CC1=Cc2c(cccc2-c2ccccc2N(C)C)C1. The molecule has 1 aliphatic rings. The van der Waals surface area contributed by atoms with Gasteiger partial charge in [0.15, 0.2) is 0 Å². The van der Waals surface area contributed by atoms with Gasteiger partial charge in [0.05, 0.1) is 0 Å². The van der Waals surface area contributed by atoms with E-state index in [9.17, 15) is 0 Å². The van der Waals surface area contributed by atoms with Crippen LogP contribution in [0.5, 0.6) is 0 Å². The van der Waals surface area contributed by atoms with E-state index >= 15 is 0 Å². The molecule has 0 spiro atoms. The maximum absolute atomic E-state index is 2.33. The molecule has 0 fully saturated rings. The summed E-state index contributed by atoms with van der Waals surface area (Å²) in [6, 6.07) is 15.3. The molecule has 0 atom stereocenters. The summed E-state index contributed by atoms with van der Waals surface area (Å²) in [5.74, 6) is 0. The Bertz CT molecular complexity index is 650. The molecule has 1 aliphatic carbocycles. The molecule has 1 nitrogen and oxygen atoms in total. The Labute approximate surface area is 115 Å². The van der Waals surface area contributed by atoms with Crippen molar-refractivity contribution in [1.29, 1.82) is 0 Å². The molecule has 0 radical (unpaired) electrons. The zero-order valence-electron chi connectivity index (χ0n) is 11.8. The molecule has 0 amide bonds. The van der Waals surface area contributed by atoms with Crippen LogP contribution in [0.15, 0.2) is 48.0 Å². The van der Waals surface area contributed by atoms with Crippen LogP contribution in [0.25, 0.3) is 17.2 Å². The largest absolute Gasteiger partial charge is 0.377 e. The topological polar surface area (TPSA) is 3.24 Å². The molecule has 0 aromatic heterocycles. The predicted molar refractivity (Wildman–Crippen MR) is 83.6 cm³/mol. The summed E-state index contributed by atoms with van der Waals surface area (Å²) in [4.78, 5) is 2.18. The normalized spacial score (nSPS) is 13.1. The van der Waals surface area contributed by atoms with Crippen molar-refractivity contribution in [1.82, 2.24) is 0 Å². The fourth-order valence-electron chi connectivity index (χ4n) is 2.86. The van der Waals surface area contributed by atoms with Crippen molar-refractivity contribution in [3.05, 3.63) is 59.2 Å². The van der Waals surface area contributed by atoms with Gasteiger partial charge < -0.3 is 4.90 Å². The van der Waals surface area contributed by atoms with E-state index in [0.717, 1.165) is 6.42 Å². The lowest BCUT2D eigenvalue weighted by Gasteiger charge is -2.19. The minimum atomic E-state index is 1.09. The first-order chi connectivity index (χ1) is 9.16. The summed E-state index contributed by atoms with van der Waals surface area (Å²) in [5.41, 5.74) is 8.23. The highest BCUT2D eigenvalue weighted by Crippen LogP contribution is 2.37. The number of allylic oxidation sites excluding steroid dienone is 1. The Kier molecular flexibility index (Phi) is 2.90. The Morgan fingerprint density at radius 1 is 0.895 bits per heavy atom. The van der Waals surface area contributed by atoms with Crippen molar-refractivity contribution in [3.8, 4) is 11.1 Å². The second-order valence-corrected chi connectivity index (χ2v) is 5.46. The number of para-hydroxylation sites is 1. The van der Waals surface area contributed by atoms with Crippen LogP contribution < -0.4 is 4.90 Å². The third kappa shape index (κ3) is 2.06. The molecule has 0 saturated carbocycles. The van der Waals surface area contributed by atoms with Crippen molar-refractivity contribution >= 4 is 11.8 Å². The first kappa shape index (κ1) is 12.0. The molecule has 96 valence electrons. The molecule has 2 aromatic carbocycles. The van der Waals surface area contributed by atoms with Crippen LogP contribution in [-0.2, 0) is 6.42 Å². The highest BCUT2D eigenvalue weighted by Gasteiger charge is 2.16. The van der Waals surface area contributed by atoms with Crippen molar-refractivity contribution in [2.24, 2.45) is 0 Å². The third-order valence-corrected chi connectivity index (χ3v) is 3.73. The molecule has 19 heavy (non-hydrogen) atoms. The van der Waals surface area contributed by atoms with Gasteiger partial charge in [-0.3, -0.25) is 0 Å². The number of benzene rings is 2. The summed E-state index contributed by atoms with van der Waals surface area (Å²) in [5, 5.41) is 0. The van der Waals surface area contributed by atoms with E-state index in [4.69, 9.17) is 0 Å².